The first-order chi connectivity index (χ1) is 34.5. The highest BCUT2D eigenvalue weighted by molar-refractivity contribution is 5.71. The van der Waals surface area contributed by atoms with E-state index >= 15 is 0 Å². The Balaban J connectivity index is 4.41. The maximum absolute atomic E-state index is 12.8. The number of carbonyl (C=O) groups excluding carboxylic acids is 3. The molecular formula is C64H108O6. The summed E-state index contributed by atoms with van der Waals surface area (Å²) in [6, 6.07) is 0. The lowest BCUT2D eigenvalue weighted by molar-refractivity contribution is -0.167. The minimum Gasteiger partial charge on any atom is -0.462 e. The van der Waals surface area contributed by atoms with Gasteiger partial charge in [0, 0.05) is 19.3 Å². The van der Waals surface area contributed by atoms with Crippen molar-refractivity contribution in [2.75, 3.05) is 13.2 Å². The first kappa shape index (κ1) is 66.3. The van der Waals surface area contributed by atoms with Crippen LogP contribution in [0.4, 0.5) is 0 Å². The molecule has 0 aromatic heterocycles. The van der Waals surface area contributed by atoms with Gasteiger partial charge in [-0.1, -0.05) is 259 Å². The maximum Gasteiger partial charge on any atom is 0.306 e. The first-order valence-corrected chi connectivity index (χ1v) is 29.2. The van der Waals surface area contributed by atoms with Crippen molar-refractivity contribution in [3.8, 4) is 0 Å². The lowest BCUT2D eigenvalue weighted by Crippen LogP contribution is -2.30. The van der Waals surface area contributed by atoms with Crippen LogP contribution >= 0.6 is 0 Å². The van der Waals surface area contributed by atoms with Gasteiger partial charge in [0.05, 0.1) is 0 Å². The van der Waals surface area contributed by atoms with E-state index in [9.17, 15) is 14.4 Å². The molecule has 0 bridgehead atoms. The Bertz CT molecular complexity index is 1400. The molecule has 0 heterocycles. The molecule has 0 aliphatic heterocycles. The van der Waals surface area contributed by atoms with Crippen molar-refractivity contribution >= 4 is 17.9 Å². The Morgan fingerprint density at radius 2 is 0.571 bits per heavy atom. The van der Waals surface area contributed by atoms with Crippen LogP contribution in [-0.4, -0.2) is 37.2 Å². The summed E-state index contributed by atoms with van der Waals surface area (Å²) >= 11 is 0. The van der Waals surface area contributed by atoms with Crippen molar-refractivity contribution in [1.29, 1.82) is 0 Å². The standard InChI is InChI=1S/C64H108O6/c1-4-7-10-13-16-19-22-25-27-29-30-31-32-33-35-36-39-42-45-48-51-54-57-63(66)69-60-61(59-68-62(65)56-53-50-47-44-41-38-24-21-18-15-12-9-6-3)70-64(67)58-55-52-49-46-43-40-37-34-28-26-23-20-17-14-11-8-5-2/h8-9,11-12,17-18,20-21,26,28,37-38,40-41,46,49,61H,4-7,10,13-16,19,22-25,27,29-36,39,42-45,47-48,50-60H2,1-3H3/b11-8-,12-9-,20-17-,21-18-,28-26-,40-37-,41-38-,49-46-. The van der Waals surface area contributed by atoms with Gasteiger partial charge < -0.3 is 14.2 Å². The average Bonchev–Trinajstić information content (AvgIpc) is 3.36. The van der Waals surface area contributed by atoms with Crippen molar-refractivity contribution in [3.63, 3.8) is 0 Å². The summed E-state index contributed by atoms with van der Waals surface area (Å²) in [6.07, 6.45) is 77.1. The summed E-state index contributed by atoms with van der Waals surface area (Å²) in [5, 5.41) is 0. The zero-order valence-corrected chi connectivity index (χ0v) is 45.8. The molecule has 0 N–H and O–H groups in total. The van der Waals surface area contributed by atoms with E-state index in [1.165, 1.54) is 122 Å². The second kappa shape index (κ2) is 57.9. The Morgan fingerprint density at radius 1 is 0.300 bits per heavy atom. The molecule has 0 saturated carbocycles. The van der Waals surface area contributed by atoms with Crippen LogP contribution in [0, 0.1) is 0 Å². The highest BCUT2D eigenvalue weighted by atomic mass is 16.6. The van der Waals surface area contributed by atoms with E-state index in [4.69, 9.17) is 14.2 Å². The summed E-state index contributed by atoms with van der Waals surface area (Å²) in [4.78, 5) is 38.1. The van der Waals surface area contributed by atoms with Crippen LogP contribution in [0.3, 0.4) is 0 Å². The van der Waals surface area contributed by atoms with Crippen molar-refractivity contribution in [1.82, 2.24) is 0 Å². The van der Waals surface area contributed by atoms with Crippen LogP contribution in [0.15, 0.2) is 97.2 Å². The lowest BCUT2D eigenvalue weighted by Gasteiger charge is -2.18. The molecule has 0 aliphatic carbocycles. The Labute approximate surface area is 432 Å². The molecule has 6 heteroatoms. The number of hydrogen-bond acceptors (Lipinski definition) is 6. The third kappa shape index (κ3) is 55.3. The van der Waals surface area contributed by atoms with Crippen molar-refractivity contribution in [2.24, 2.45) is 0 Å². The monoisotopic (exact) mass is 973 g/mol. The third-order valence-corrected chi connectivity index (χ3v) is 12.3. The molecule has 6 nitrogen and oxygen atoms in total. The van der Waals surface area contributed by atoms with Gasteiger partial charge >= 0.3 is 17.9 Å². The topological polar surface area (TPSA) is 78.9 Å². The Hall–Kier alpha value is -3.67. The Kier molecular flexibility index (Phi) is 54.9. The molecule has 0 aromatic carbocycles. The number of carbonyl (C=O) groups is 3. The molecule has 70 heavy (non-hydrogen) atoms. The van der Waals surface area contributed by atoms with Gasteiger partial charge in [-0.05, 0) is 89.9 Å². The first-order valence-electron chi connectivity index (χ1n) is 29.2. The molecule has 0 amide bonds. The van der Waals surface area contributed by atoms with Crippen LogP contribution in [0.25, 0.3) is 0 Å². The molecular weight excluding hydrogens is 865 g/mol. The largest absolute Gasteiger partial charge is 0.462 e. The zero-order chi connectivity index (χ0) is 50.7. The van der Waals surface area contributed by atoms with Gasteiger partial charge in [0.2, 0.25) is 0 Å². The number of allylic oxidation sites excluding steroid dienone is 16. The van der Waals surface area contributed by atoms with Crippen LogP contribution in [0.5, 0.6) is 0 Å². The molecule has 400 valence electrons. The number of esters is 3. The molecule has 0 spiro atoms. The maximum atomic E-state index is 12.8. The summed E-state index contributed by atoms with van der Waals surface area (Å²) in [5.74, 6) is -0.993. The van der Waals surface area contributed by atoms with E-state index in [1.807, 2.05) is 0 Å². The van der Waals surface area contributed by atoms with Crippen molar-refractivity contribution in [3.05, 3.63) is 97.2 Å². The van der Waals surface area contributed by atoms with E-state index in [2.05, 4.69) is 118 Å². The van der Waals surface area contributed by atoms with Crippen LogP contribution < -0.4 is 0 Å². The molecule has 0 saturated heterocycles. The minimum absolute atomic E-state index is 0.108. The second-order valence-electron chi connectivity index (χ2n) is 19.1. The lowest BCUT2D eigenvalue weighted by atomic mass is 10.0. The summed E-state index contributed by atoms with van der Waals surface area (Å²) in [5.41, 5.74) is 0. The van der Waals surface area contributed by atoms with E-state index in [1.54, 1.807) is 0 Å². The highest BCUT2D eigenvalue weighted by Crippen LogP contribution is 2.16. The van der Waals surface area contributed by atoms with E-state index < -0.39 is 6.10 Å². The summed E-state index contributed by atoms with van der Waals surface area (Å²) in [6.45, 7) is 6.36. The van der Waals surface area contributed by atoms with Gasteiger partial charge in [-0.25, -0.2) is 0 Å². The number of ether oxygens (including phenoxy) is 3. The number of rotatable bonds is 52. The van der Waals surface area contributed by atoms with Gasteiger partial charge in [-0.3, -0.25) is 14.4 Å². The third-order valence-electron chi connectivity index (χ3n) is 12.3. The molecule has 0 aliphatic rings. The van der Waals surface area contributed by atoms with Crippen LogP contribution in [-0.2, 0) is 28.6 Å². The normalized spacial score (nSPS) is 12.8. The van der Waals surface area contributed by atoms with Crippen LogP contribution in [0.2, 0.25) is 0 Å². The predicted octanol–water partition coefficient (Wildman–Crippen LogP) is 19.7. The molecule has 1 unspecified atom stereocenters. The molecule has 0 aromatic rings. The van der Waals surface area contributed by atoms with E-state index in [0.717, 1.165) is 103 Å². The quantitative estimate of drug-likeness (QED) is 0.0262. The fourth-order valence-electron chi connectivity index (χ4n) is 8.02. The highest BCUT2D eigenvalue weighted by Gasteiger charge is 2.19. The van der Waals surface area contributed by atoms with Gasteiger partial charge in [-0.2, -0.15) is 0 Å². The van der Waals surface area contributed by atoms with Gasteiger partial charge in [0.15, 0.2) is 6.10 Å². The number of unbranched alkanes of at least 4 members (excludes halogenated alkanes) is 25. The van der Waals surface area contributed by atoms with E-state index in [0.29, 0.717) is 19.3 Å². The summed E-state index contributed by atoms with van der Waals surface area (Å²) in [7, 11) is 0. The zero-order valence-electron chi connectivity index (χ0n) is 45.8. The summed E-state index contributed by atoms with van der Waals surface area (Å²) < 4.78 is 16.8. The average molecular weight is 974 g/mol. The van der Waals surface area contributed by atoms with Crippen LogP contribution in [0.1, 0.15) is 271 Å². The molecule has 0 radical (unpaired) electrons. The smallest absolute Gasteiger partial charge is 0.306 e. The second-order valence-corrected chi connectivity index (χ2v) is 19.1. The predicted molar refractivity (Wildman–Crippen MR) is 302 cm³/mol. The van der Waals surface area contributed by atoms with Crippen molar-refractivity contribution in [2.45, 2.75) is 277 Å². The van der Waals surface area contributed by atoms with Gasteiger partial charge in [0.1, 0.15) is 13.2 Å². The fourth-order valence-corrected chi connectivity index (χ4v) is 8.02. The Morgan fingerprint density at radius 3 is 0.914 bits per heavy atom. The van der Waals surface area contributed by atoms with Gasteiger partial charge in [-0.15, -0.1) is 0 Å². The minimum atomic E-state index is -0.819. The molecule has 0 rings (SSSR count). The van der Waals surface area contributed by atoms with E-state index in [-0.39, 0.29) is 37.5 Å². The molecule has 1 atom stereocenters. The van der Waals surface area contributed by atoms with Gasteiger partial charge in [0.25, 0.3) is 0 Å². The van der Waals surface area contributed by atoms with Crippen molar-refractivity contribution < 1.29 is 28.6 Å². The fraction of sp³-hybridized carbons (Fsp3) is 0.703. The number of hydrogen-bond donors (Lipinski definition) is 0. The molecule has 0 fully saturated rings. The SMILES string of the molecule is CC/C=C\C/C=C\C/C=C\C/C=C\C/C=C\CCCC(=O)OC(COC(=O)CCCCC/C=C\C/C=C\C/C=C\CC)COC(=O)CCCCCCCCCCCCCCCCCCCCCCCC.